The lowest BCUT2D eigenvalue weighted by molar-refractivity contribution is -0.125. The SMILES string of the molecule is CCOc1ccc(F)c(-c2cc(N3CC[C@@]4(CCC(C)C4=O)N3)ncc2C)c1.Cl. The zero-order valence-corrected chi connectivity index (χ0v) is 17.8. The Labute approximate surface area is 177 Å². The number of anilines is 1. The first-order valence-electron chi connectivity index (χ1n) is 9.92. The van der Waals surface area contributed by atoms with Crippen molar-refractivity contribution in [2.75, 3.05) is 18.2 Å². The Morgan fingerprint density at radius 1 is 1.31 bits per heavy atom. The molecule has 2 fully saturated rings. The van der Waals surface area contributed by atoms with Crippen LogP contribution in [-0.4, -0.2) is 29.5 Å². The van der Waals surface area contributed by atoms with Crippen molar-refractivity contribution < 1.29 is 13.9 Å². The normalized spacial score (nSPS) is 23.5. The Morgan fingerprint density at radius 3 is 2.79 bits per heavy atom. The number of ketones is 1. The van der Waals surface area contributed by atoms with E-state index in [2.05, 4.69) is 10.4 Å². The third-order valence-electron chi connectivity index (χ3n) is 5.94. The fourth-order valence-corrected chi connectivity index (χ4v) is 4.31. The summed E-state index contributed by atoms with van der Waals surface area (Å²) >= 11 is 0. The van der Waals surface area contributed by atoms with Crippen molar-refractivity contribution in [1.29, 1.82) is 0 Å². The molecule has 1 N–H and O–H groups in total. The molecule has 1 unspecified atom stereocenters. The van der Waals surface area contributed by atoms with E-state index in [0.29, 0.717) is 30.3 Å². The van der Waals surface area contributed by atoms with Crippen molar-refractivity contribution >= 4 is 24.0 Å². The van der Waals surface area contributed by atoms with Gasteiger partial charge >= 0.3 is 0 Å². The maximum absolute atomic E-state index is 14.6. The number of halogens is 2. The molecule has 2 aromatic rings. The Balaban J connectivity index is 0.00000240. The number of aryl methyl sites for hydroxylation is 1. The lowest BCUT2D eigenvalue weighted by Crippen LogP contribution is -2.50. The second-order valence-electron chi connectivity index (χ2n) is 7.83. The van der Waals surface area contributed by atoms with Gasteiger partial charge in [0.2, 0.25) is 0 Å². The van der Waals surface area contributed by atoms with E-state index in [1.54, 1.807) is 18.3 Å². The number of hydrogen-bond acceptors (Lipinski definition) is 5. The number of rotatable bonds is 4. The molecule has 0 radical (unpaired) electrons. The molecule has 0 amide bonds. The highest BCUT2D eigenvalue weighted by Crippen LogP contribution is 2.38. The van der Waals surface area contributed by atoms with Crippen LogP contribution in [0.25, 0.3) is 11.1 Å². The Kier molecular flexibility index (Phi) is 6.15. The number of Topliss-reactive ketones (excluding diaryl/α,β-unsaturated/α-hetero) is 1. The molecule has 1 aromatic carbocycles. The van der Waals surface area contributed by atoms with E-state index in [0.717, 1.165) is 30.4 Å². The van der Waals surface area contributed by atoms with Gasteiger partial charge in [-0.25, -0.2) is 14.8 Å². The minimum atomic E-state index is -0.466. The number of carbonyl (C=O) groups is 1. The number of ether oxygens (including phenoxy) is 1. The third-order valence-corrected chi connectivity index (χ3v) is 5.94. The Morgan fingerprint density at radius 2 is 2.10 bits per heavy atom. The number of pyridine rings is 1. The topological polar surface area (TPSA) is 54.5 Å². The predicted octanol–water partition coefficient (Wildman–Crippen LogP) is 4.47. The van der Waals surface area contributed by atoms with E-state index in [1.165, 1.54) is 6.07 Å². The number of benzene rings is 1. The second-order valence-corrected chi connectivity index (χ2v) is 7.83. The number of hydrazine groups is 1. The maximum atomic E-state index is 14.6. The summed E-state index contributed by atoms with van der Waals surface area (Å²) in [6.07, 6.45) is 4.30. The summed E-state index contributed by atoms with van der Waals surface area (Å²) < 4.78 is 20.1. The molecular formula is C22H27ClFN3O2. The van der Waals surface area contributed by atoms with Crippen molar-refractivity contribution in [3.8, 4) is 16.9 Å². The molecule has 4 rings (SSSR count). The highest BCUT2D eigenvalue weighted by atomic mass is 35.5. The van der Waals surface area contributed by atoms with E-state index < -0.39 is 5.54 Å². The van der Waals surface area contributed by atoms with Gasteiger partial charge in [-0.2, -0.15) is 0 Å². The van der Waals surface area contributed by atoms with Crippen LogP contribution in [0.4, 0.5) is 10.2 Å². The summed E-state index contributed by atoms with van der Waals surface area (Å²) in [5, 5.41) is 1.93. The van der Waals surface area contributed by atoms with E-state index in [9.17, 15) is 9.18 Å². The summed E-state index contributed by atoms with van der Waals surface area (Å²) in [5.41, 5.74) is 5.10. The Bertz CT molecular complexity index is 923. The number of nitrogens with zero attached hydrogens (tertiary/aromatic N) is 2. The molecule has 7 heteroatoms. The summed E-state index contributed by atoms with van der Waals surface area (Å²) in [6.45, 7) is 7.05. The smallest absolute Gasteiger partial charge is 0.157 e. The molecule has 2 atom stereocenters. The fraction of sp³-hybridized carbons (Fsp3) is 0.455. The van der Waals surface area contributed by atoms with Gasteiger partial charge in [-0.15, -0.1) is 12.4 Å². The van der Waals surface area contributed by atoms with Gasteiger partial charge in [-0.3, -0.25) is 9.80 Å². The van der Waals surface area contributed by atoms with Crippen LogP contribution in [0, 0.1) is 18.7 Å². The molecule has 5 nitrogen and oxygen atoms in total. The number of hydrogen-bond donors (Lipinski definition) is 1. The van der Waals surface area contributed by atoms with Crippen molar-refractivity contribution in [2.24, 2.45) is 5.92 Å². The van der Waals surface area contributed by atoms with Crippen molar-refractivity contribution in [1.82, 2.24) is 10.4 Å². The molecule has 1 aliphatic heterocycles. The average molecular weight is 420 g/mol. The predicted molar refractivity (Wildman–Crippen MR) is 114 cm³/mol. The molecule has 2 heterocycles. The van der Waals surface area contributed by atoms with Crippen LogP contribution in [0.15, 0.2) is 30.5 Å². The lowest BCUT2D eigenvalue weighted by Gasteiger charge is -2.25. The third kappa shape index (κ3) is 3.83. The van der Waals surface area contributed by atoms with Gasteiger partial charge in [0.1, 0.15) is 17.4 Å². The maximum Gasteiger partial charge on any atom is 0.157 e. The van der Waals surface area contributed by atoms with Crippen LogP contribution in [0.2, 0.25) is 0 Å². The van der Waals surface area contributed by atoms with Gasteiger partial charge in [-0.05, 0) is 68.5 Å². The second kappa shape index (κ2) is 8.28. The summed E-state index contributed by atoms with van der Waals surface area (Å²) in [5.74, 6) is 1.43. The fourth-order valence-electron chi connectivity index (χ4n) is 4.31. The monoisotopic (exact) mass is 419 g/mol. The zero-order valence-electron chi connectivity index (χ0n) is 17.0. The summed E-state index contributed by atoms with van der Waals surface area (Å²) in [6, 6.07) is 6.68. The standard InChI is InChI=1S/C22H26FN3O2.ClH/c1-4-28-16-5-6-19(23)18(11-16)17-12-20(24-13-15(17)3)26-10-9-22(25-26)8-7-14(2)21(22)27;/h5-6,11-14,25H,4,7-10H2,1-3H3;1H/t14?,22-;/m1./s1. The first-order valence-corrected chi connectivity index (χ1v) is 9.92. The molecule has 1 spiro atoms. The van der Waals surface area contributed by atoms with Crippen LogP contribution in [-0.2, 0) is 4.79 Å². The molecule has 1 saturated carbocycles. The average Bonchev–Trinajstić information content (AvgIpc) is 3.24. The molecule has 1 aromatic heterocycles. The van der Waals surface area contributed by atoms with Crippen molar-refractivity contribution in [3.63, 3.8) is 0 Å². The van der Waals surface area contributed by atoms with Gasteiger partial charge in [0.05, 0.1) is 12.1 Å². The minimum Gasteiger partial charge on any atom is -0.494 e. The quantitative estimate of drug-likeness (QED) is 0.792. The molecule has 0 bridgehead atoms. The van der Waals surface area contributed by atoms with Crippen LogP contribution < -0.4 is 15.2 Å². The van der Waals surface area contributed by atoms with Gasteiger partial charge in [0.25, 0.3) is 0 Å². The van der Waals surface area contributed by atoms with Crippen molar-refractivity contribution in [3.05, 3.63) is 41.8 Å². The minimum absolute atomic E-state index is 0. The number of aromatic nitrogens is 1. The van der Waals surface area contributed by atoms with Crippen molar-refractivity contribution in [2.45, 2.75) is 45.6 Å². The lowest BCUT2D eigenvalue weighted by atomic mass is 9.93. The number of nitrogens with one attached hydrogen (secondary N) is 1. The zero-order chi connectivity index (χ0) is 19.9. The van der Waals surface area contributed by atoms with Crippen LogP contribution >= 0.6 is 12.4 Å². The number of carbonyl (C=O) groups excluding carboxylic acids is 1. The van der Waals surface area contributed by atoms with Gasteiger partial charge < -0.3 is 4.74 Å². The molecule has 29 heavy (non-hydrogen) atoms. The molecule has 1 aliphatic carbocycles. The molecule has 1 saturated heterocycles. The van der Waals surface area contributed by atoms with E-state index in [1.807, 2.05) is 31.8 Å². The van der Waals surface area contributed by atoms with E-state index >= 15 is 0 Å². The summed E-state index contributed by atoms with van der Waals surface area (Å²) in [7, 11) is 0. The Hall–Kier alpha value is -2.18. The van der Waals surface area contributed by atoms with E-state index in [4.69, 9.17) is 4.74 Å². The van der Waals surface area contributed by atoms with Gasteiger partial charge in [-0.1, -0.05) is 6.92 Å². The largest absolute Gasteiger partial charge is 0.494 e. The highest BCUT2D eigenvalue weighted by molar-refractivity contribution is 5.93. The highest BCUT2D eigenvalue weighted by Gasteiger charge is 2.50. The molecular weight excluding hydrogens is 393 g/mol. The molecule has 156 valence electrons. The van der Waals surface area contributed by atoms with Crippen LogP contribution in [0.5, 0.6) is 5.75 Å². The summed E-state index contributed by atoms with van der Waals surface area (Å²) in [4.78, 5) is 17.2. The van der Waals surface area contributed by atoms with Gasteiger partial charge in [0.15, 0.2) is 5.78 Å². The van der Waals surface area contributed by atoms with Gasteiger partial charge in [0, 0.05) is 24.2 Å². The van der Waals surface area contributed by atoms with E-state index in [-0.39, 0.29) is 29.9 Å². The van der Waals surface area contributed by atoms with Crippen LogP contribution in [0.3, 0.4) is 0 Å². The van der Waals surface area contributed by atoms with Crippen LogP contribution in [0.1, 0.15) is 38.7 Å². The molecule has 2 aliphatic rings. The first kappa shape index (κ1) is 21.5. The first-order chi connectivity index (χ1) is 13.4.